The number of ether oxygens (including phenoxy) is 3. The molecule has 1 heterocycles. The normalized spacial score (nSPS) is 14.8. The molecular formula is C18H21NO4S. The summed E-state index contributed by atoms with van der Waals surface area (Å²) in [5.74, 6) is 1.96. The zero-order valence-corrected chi connectivity index (χ0v) is 14.9. The van der Waals surface area contributed by atoms with E-state index in [-0.39, 0.29) is 11.3 Å². The number of hydrogen-bond donors (Lipinski definition) is 1. The maximum Gasteiger partial charge on any atom is 0.265 e. The number of nitrogens with one attached hydrogen (secondary N) is 1. The van der Waals surface area contributed by atoms with Gasteiger partial charge in [0, 0.05) is 12.0 Å². The maximum absolute atomic E-state index is 12.4. The van der Waals surface area contributed by atoms with Crippen molar-refractivity contribution in [3.8, 4) is 17.2 Å². The first-order valence-electron chi connectivity index (χ1n) is 7.76. The summed E-state index contributed by atoms with van der Waals surface area (Å²) in [7, 11) is 4.83. The van der Waals surface area contributed by atoms with E-state index in [1.54, 1.807) is 27.4 Å². The molecule has 2 aromatic rings. The Morgan fingerprint density at radius 2 is 1.79 bits per heavy atom. The lowest BCUT2D eigenvalue weighted by molar-refractivity contribution is 0.0951. The van der Waals surface area contributed by atoms with E-state index in [1.807, 2.05) is 23.6 Å². The van der Waals surface area contributed by atoms with Crippen LogP contribution in [-0.2, 0) is 5.41 Å². The van der Waals surface area contributed by atoms with Crippen LogP contribution in [0.4, 0.5) is 0 Å². The van der Waals surface area contributed by atoms with Crippen LogP contribution in [0.3, 0.4) is 0 Å². The summed E-state index contributed by atoms with van der Waals surface area (Å²) in [6, 6.07) is 7.77. The van der Waals surface area contributed by atoms with Crippen molar-refractivity contribution in [3.05, 3.63) is 40.1 Å². The van der Waals surface area contributed by atoms with Crippen molar-refractivity contribution < 1.29 is 19.0 Å². The first-order valence-corrected chi connectivity index (χ1v) is 8.63. The largest absolute Gasteiger partial charge is 0.495 e. The van der Waals surface area contributed by atoms with Crippen molar-refractivity contribution in [2.75, 3.05) is 27.9 Å². The van der Waals surface area contributed by atoms with Crippen molar-refractivity contribution in [1.82, 2.24) is 5.32 Å². The van der Waals surface area contributed by atoms with Crippen molar-refractivity contribution in [2.24, 2.45) is 0 Å². The third-order valence-corrected chi connectivity index (χ3v) is 5.39. The Balaban J connectivity index is 1.72. The van der Waals surface area contributed by atoms with Gasteiger partial charge in [-0.1, -0.05) is 6.07 Å². The van der Waals surface area contributed by atoms with Gasteiger partial charge in [0.1, 0.15) is 10.6 Å². The lowest BCUT2D eigenvalue weighted by Crippen LogP contribution is -2.32. The van der Waals surface area contributed by atoms with E-state index < -0.39 is 0 Å². The van der Waals surface area contributed by atoms with Crippen LogP contribution in [0.2, 0.25) is 0 Å². The van der Waals surface area contributed by atoms with Crippen LogP contribution in [0.1, 0.15) is 28.1 Å². The van der Waals surface area contributed by atoms with Crippen LogP contribution < -0.4 is 19.5 Å². The molecule has 0 radical (unpaired) electrons. The van der Waals surface area contributed by atoms with Gasteiger partial charge >= 0.3 is 0 Å². The quantitative estimate of drug-likeness (QED) is 0.835. The van der Waals surface area contributed by atoms with Crippen LogP contribution in [-0.4, -0.2) is 33.8 Å². The number of thiophene rings is 1. The molecular weight excluding hydrogens is 326 g/mol. The van der Waals surface area contributed by atoms with E-state index in [0.29, 0.717) is 28.7 Å². The van der Waals surface area contributed by atoms with E-state index in [4.69, 9.17) is 14.2 Å². The number of rotatable bonds is 7. The highest BCUT2D eigenvalue weighted by atomic mass is 32.1. The molecule has 0 spiro atoms. The summed E-state index contributed by atoms with van der Waals surface area (Å²) in [4.78, 5) is 13.0. The molecule has 5 nitrogen and oxygen atoms in total. The fourth-order valence-corrected chi connectivity index (χ4v) is 3.61. The minimum Gasteiger partial charge on any atom is -0.495 e. The lowest BCUT2D eigenvalue weighted by atomic mass is 9.95. The van der Waals surface area contributed by atoms with E-state index >= 15 is 0 Å². The van der Waals surface area contributed by atoms with Crippen LogP contribution in [0.25, 0.3) is 0 Å². The van der Waals surface area contributed by atoms with Gasteiger partial charge in [0.15, 0.2) is 11.5 Å². The molecule has 0 atom stereocenters. The van der Waals surface area contributed by atoms with Gasteiger partial charge in [0.25, 0.3) is 5.91 Å². The van der Waals surface area contributed by atoms with Crippen LogP contribution >= 0.6 is 11.3 Å². The van der Waals surface area contributed by atoms with Crippen molar-refractivity contribution in [1.29, 1.82) is 0 Å². The molecule has 128 valence electrons. The zero-order valence-electron chi connectivity index (χ0n) is 14.0. The summed E-state index contributed by atoms with van der Waals surface area (Å²) < 4.78 is 15.9. The van der Waals surface area contributed by atoms with E-state index in [2.05, 4.69) is 5.32 Å². The Morgan fingerprint density at radius 3 is 2.42 bits per heavy atom. The number of carbonyl (C=O) groups is 1. The maximum atomic E-state index is 12.4. The van der Waals surface area contributed by atoms with Crippen LogP contribution in [0.5, 0.6) is 17.2 Å². The molecule has 24 heavy (non-hydrogen) atoms. The van der Waals surface area contributed by atoms with Gasteiger partial charge in [-0.2, -0.15) is 0 Å². The molecule has 1 aromatic carbocycles. The summed E-state index contributed by atoms with van der Waals surface area (Å²) in [6.07, 6.45) is 2.09. The smallest absolute Gasteiger partial charge is 0.265 e. The van der Waals surface area contributed by atoms with Crippen LogP contribution in [0, 0.1) is 0 Å². The Hall–Kier alpha value is -2.21. The monoisotopic (exact) mass is 347 g/mol. The third kappa shape index (κ3) is 3.06. The Bertz CT molecular complexity index is 736. The molecule has 1 fully saturated rings. The van der Waals surface area contributed by atoms with Gasteiger partial charge in [0.2, 0.25) is 0 Å². The fraction of sp³-hybridized carbons (Fsp3) is 0.389. The minimum absolute atomic E-state index is 0.0142. The zero-order chi connectivity index (χ0) is 17.2. The second kappa shape index (κ2) is 6.73. The summed E-state index contributed by atoms with van der Waals surface area (Å²) in [6.45, 7) is 0.600. The topological polar surface area (TPSA) is 56.8 Å². The predicted octanol–water partition coefficient (Wildman–Crippen LogP) is 3.24. The molecule has 0 saturated heterocycles. The first-order chi connectivity index (χ1) is 11.6. The number of benzene rings is 1. The van der Waals surface area contributed by atoms with Gasteiger partial charge in [-0.15, -0.1) is 11.3 Å². The first kappa shape index (κ1) is 16.6. The Morgan fingerprint density at radius 1 is 1.08 bits per heavy atom. The second-order valence-corrected chi connectivity index (χ2v) is 6.77. The molecule has 1 aromatic heterocycles. The number of hydrogen-bond acceptors (Lipinski definition) is 5. The third-order valence-electron chi connectivity index (χ3n) is 4.49. The minimum atomic E-state index is -0.0893. The Labute approximate surface area is 145 Å². The predicted molar refractivity (Wildman–Crippen MR) is 93.7 cm³/mol. The van der Waals surface area contributed by atoms with Gasteiger partial charge < -0.3 is 19.5 Å². The van der Waals surface area contributed by atoms with E-state index in [0.717, 1.165) is 12.8 Å². The SMILES string of the molecule is COc1ccc(C2(CNC(=O)c3sccc3OC)CC2)cc1OC. The average Bonchev–Trinajstić information content (AvgIpc) is 3.26. The molecule has 1 aliphatic carbocycles. The molecule has 0 unspecified atom stereocenters. The highest BCUT2D eigenvalue weighted by Crippen LogP contribution is 2.49. The van der Waals surface area contributed by atoms with Gasteiger partial charge in [-0.3, -0.25) is 4.79 Å². The molecule has 1 aliphatic rings. The molecule has 6 heteroatoms. The molecule has 0 aliphatic heterocycles. The summed E-state index contributed by atoms with van der Waals surface area (Å²) in [5.41, 5.74) is 1.15. The molecule has 0 bridgehead atoms. The fourth-order valence-electron chi connectivity index (χ4n) is 2.84. The van der Waals surface area contributed by atoms with Gasteiger partial charge in [0.05, 0.1) is 21.3 Å². The Kier molecular flexibility index (Phi) is 4.66. The summed E-state index contributed by atoms with van der Waals surface area (Å²) >= 11 is 1.39. The van der Waals surface area contributed by atoms with Crippen molar-refractivity contribution in [2.45, 2.75) is 18.3 Å². The summed E-state index contributed by atoms with van der Waals surface area (Å²) in [5, 5.41) is 4.90. The second-order valence-electron chi connectivity index (χ2n) is 5.85. The number of amides is 1. The van der Waals surface area contributed by atoms with E-state index in [9.17, 15) is 4.79 Å². The molecule has 3 rings (SSSR count). The van der Waals surface area contributed by atoms with Gasteiger partial charge in [-0.25, -0.2) is 0 Å². The molecule has 1 amide bonds. The number of carbonyl (C=O) groups excluding carboxylic acids is 1. The van der Waals surface area contributed by atoms with Crippen LogP contribution in [0.15, 0.2) is 29.6 Å². The standard InChI is InChI=1S/C18H21NO4S/c1-21-13-5-4-12(10-15(13)23-3)18(7-8-18)11-19-17(20)16-14(22-2)6-9-24-16/h4-6,9-10H,7-8,11H2,1-3H3,(H,19,20). The average molecular weight is 347 g/mol. The van der Waals surface area contributed by atoms with Gasteiger partial charge in [-0.05, 0) is 42.0 Å². The molecule has 1 N–H and O–H groups in total. The highest BCUT2D eigenvalue weighted by molar-refractivity contribution is 7.12. The molecule has 1 saturated carbocycles. The van der Waals surface area contributed by atoms with E-state index in [1.165, 1.54) is 16.9 Å². The lowest BCUT2D eigenvalue weighted by Gasteiger charge is -2.18. The van der Waals surface area contributed by atoms with Crippen molar-refractivity contribution >= 4 is 17.2 Å². The van der Waals surface area contributed by atoms with Crippen molar-refractivity contribution in [3.63, 3.8) is 0 Å². The highest BCUT2D eigenvalue weighted by Gasteiger charge is 2.45. The number of methoxy groups -OCH3 is 3.